The summed E-state index contributed by atoms with van der Waals surface area (Å²) in [6.07, 6.45) is 0.663. The van der Waals surface area contributed by atoms with Gasteiger partial charge in [-0.3, -0.25) is 0 Å². The van der Waals surface area contributed by atoms with E-state index in [9.17, 15) is 10.2 Å². The summed E-state index contributed by atoms with van der Waals surface area (Å²) in [6, 6.07) is 23.5. The molecule has 1 unspecified atom stereocenters. The van der Waals surface area contributed by atoms with E-state index in [4.69, 9.17) is 0 Å². The van der Waals surface area contributed by atoms with Crippen LogP contribution in [-0.2, 0) is 0 Å². The van der Waals surface area contributed by atoms with Crippen LogP contribution in [0.15, 0.2) is 77.9 Å². The number of hydrogen-bond donors (Lipinski definition) is 3. The van der Waals surface area contributed by atoms with E-state index in [1.807, 2.05) is 24.3 Å². The fourth-order valence-corrected chi connectivity index (χ4v) is 3.93. The topological polar surface area (TPSA) is 64.9 Å². The Morgan fingerprint density at radius 3 is 2.15 bits per heavy atom. The van der Waals surface area contributed by atoms with Crippen LogP contribution in [-0.4, -0.2) is 15.9 Å². The largest absolute Gasteiger partial charge is 0.508 e. The third kappa shape index (κ3) is 2.57. The molecule has 0 aliphatic carbocycles. The van der Waals surface area contributed by atoms with Crippen LogP contribution in [0.5, 0.6) is 11.5 Å². The molecule has 4 aromatic rings. The Hall–Kier alpha value is -3.53. The maximum absolute atomic E-state index is 10.2. The van der Waals surface area contributed by atoms with Crippen molar-refractivity contribution in [3.63, 3.8) is 0 Å². The molecule has 1 atom stereocenters. The van der Waals surface area contributed by atoms with Crippen molar-refractivity contribution in [2.24, 2.45) is 5.10 Å². The number of aromatic hydroxyl groups is 2. The molecule has 1 heterocycles. The van der Waals surface area contributed by atoms with Crippen molar-refractivity contribution in [1.82, 2.24) is 5.43 Å². The molecule has 27 heavy (non-hydrogen) atoms. The summed E-state index contributed by atoms with van der Waals surface area (Å²) in [4.78, 5) is 0. The molecule has 0 saturated carbocycles. The van der Waals surface area contributed by atoms with Crippen LogP contribution >= 0.6 is 0 Å². The van der Waals surface area contributed by atoms with Gasteiger partial charge in [-0.25, -0.2) is 0 Å². The first kappa shape index (κ1) is 15.7. The Labute approximate surface area is 156 Å². The van der Waals surface area contributed by atoms with E-state index in [1.54, 1.807) is 12.1 Å². The maximum Gasteiger partial charge on any atom is 0.124 e. The summed E-state index contributed by atoms with van der Waals surface area (Å²) < 4.78 is 0. The van der Waals surface area contributed by atoms with Gasteiger partial charge in [-0.1, -0.05) is 48.5 Å². The van der Waals surface area contributed by atoms with Gasteiger partial charge in [0.05, 0.1) is 11.8 Å². The number of hydrogen-bond acceptors (Lipinski definition) is 4. The summed E-state index contributed by atoms with van der Waals surface area (Å²) in [7, 11) is 0. The van der Waals surface area contributed by atoms with Crippen molar-refractivity contribution in [1.29, 1.82) is 0 Å². The second-order valence-corrected chi connectivity index (χ2v) is 6.88. The minimum Gasteiger partial charge on any atom is -0.508 e. The molecule has 0 bridgehead atoms. The number of fused-ring (bicyclic) bond motifs is 2. The standard InChI is InChI=1S/C23H18N2O2/c26-16-9-10-19(22(27)12-16)20-13-21(25-24-20)23-17-7-3-1-5-14(17)11-15-6-2-4-8-18(15)23/h1-12,20,24,26-27H,13H2. The highest BCUT2D eigenvalue weighted by atomic mass is 16.3. The lowest BCUT2D eigenvalue weighted by Gasteiger charge is -2.14. The summed E-state index contributed by atoms with van der Waals surface area (Å²) in [5.41, 5.74) is 6.00. The predicted molar refractivity (Wildman–Crippen MR) is 108 cm³/mol. The summed E-state index contributed by atoms with van der Waals surface area (Å²) in [5, 5.41) is 29.1. The van der Waals surface area contributed by atoms with Gasteiger partial charge in [0.1, 0.15) is 11.5 Å². The Morgan fingerprint density at radius 2 is 1.48 bits per heavy atom. The number of hydrazone groups is 1. The van der Waals surface area contributed by atoms with Gasteiger partial charge < -0.3 is 15.6 Å². The number of phenolic OH excluding ortho intramolecular Hbond substituents is 2. The minimum atomic E-state index is -0.127. The zero-order valence-corrected chi connectivity index (χ0v) is 14.6. The van der Waals surface area contributed by atoms with Gasteiger partial charge in [0.15, 0.2) is 0 Å². The summed E-state index contributed by atoms with van der Waals surface area (Å²) in [6.45, 7) is 0. The average molecular weight is 354 g/mol. The fraction of sp³-hybridized carbons (Fsp3) is 0.0870. The second-order valence-electron chi connectivity index (χ2n) is 6.88. The van der Waals surface area contributed by atoms with Crippen molar-refractivity contribution in [2.75, 3.05) is 0 Å². The van der Waals surface area contributed by atoms with E-state index >= 15 is 0 Å². The zero-order valence-electron chi connectivity index (χ0n) is 14.6. The third-order valence-electron chi connectivity index (χ3n) is 5.20. The van der Waals surface area contributed by atoms with Crippen molar-refractivity contribution < 1.29 is 10.2 Å². The summed E-state index contributed by atoms with van der Waals surface area (Å²) in [5.74, 6) is 0.127. The molecule has 1 aliphatic heterocycles. The zero-order chi connectivity index (χ0) is 18.4. The second kappa shape index (κ2) is 6.02. The molecular weight excluding hydrogens is 336 g/mol. The lowest BCUT2D eigenvalue weighted by molar-refractivity contribution is 0.438. The van der Waals surface area contributed by atoms with Crippen molar-refractivity contribution in [3.8, 4) is 11.5 Å². The predicted octanol–water partition coefficient (Wildman–Crippen LogP) is 4.84. The highest BCUT2D eigenvalue weighted by Gasteiger charge is 2.25. The van der Waals surface area contributed by atoms with Crippen molar-refractivity contribution in [3.05, 3.63) is 83.9 Å². The van der Waals surface area contributed by atoms with E-state index in [0.29, 0.717) is 6.42 Å². The van der Waals surface area contributed by atoms with Crippen LogP contribution in [0.2, 0.25) is 0 Å². The molecule has 4 nitrogen and oxygen atoms in total. The molecule has 132 valence electrons. The van der Waals surface area contributed by atoms with Crippen molar-refractivity contribution in [2.45, 2.75) is 12.5 Å². The lowest BCUT2D eigenvalue weighted by atomic mass is 9.91. The molecule has 3 N–H and O–H groups in total. The quantitative estimate of drug-likeness (QED) is 0.451. The molecule has 0 amide bonds. The molecule has 4 heteroatoms. The van der Waals surface area contributed by atoms with Gasteiger partial charge in [-0.15, -0.1) is 0 Å². The average Bonchev–Trinajstić information content (AvgIpc) is 3.15. The van der Waals surface area contributed by atoms with E-state index in [0.717, 1.165) is 16.8 Å². The maximum atomic E-state index is 10.2. The first-order valence-corrected chi connectivity index (χ1v) is 8.95. The number of phenols is 2. The van der Waals surface area contributed by atoms with Gasteiger partial charge in [-0.05, 0) is 39.7 Å². The first-order chi connectivity index (χ1) is 13.2. The van der Waals surface area contributed by atoms with Crippen LogP contribution in [0.4, 0.5) is 0 Å². The SMILES string of the molecule is Oc1ccc(C2CC(c3c4ccccc4cc4ccccc34)=NN2)c(O)c1. The van der Waals surface area contributed by atoms with Gasteiger partial charge in [-0.2, -0.15) is 5.10 Å². The Morgan fingerprint density at radius 1 is 0.815 bits per heavy atom. The Kier molecular flexibility index (Phi) is 3.50. The monoisotopic (exact) mass is 354 g/mol. The van der Waals surface area contributed by atoms with Gasteiger partial charge in [0.2, 0.25) is 0 Å². The summed E-state index contributed by atoms with van der Waals surface area (Å²) >= 11 is 0. The minimum absolute atomic E-state index is 0.0513. The van der Waals surface area contributed by atoms with Gasteiger partial charge in [0.25, 0.3) is 0 Å². The smallest absolute Gasteiger partial charge is 0.124 e. The molecule has 4 aromatic carbocycles. The Bertz CT molecular complexity index is 1160. The lowest BCUT2D eigenvalue weighted by Crippen LogP contribution is -2.10. The fourth-order valence-electron chi connectivity index (χ4n) is 3.93. The van der Waals surface area contributed by atoms with Crippen molar-refractivity contribution >= 4 is 27.3 Å². The molecule has 0 fully saturated rings. The van der Waals surface area contributed by atoms with Gasteiger partial charge in [0, 0.05) is 23.6 Å². The molecular formula is C23H18N2O2. The van der Waals surface area contributed by atoms with Crippen LogP contribution in [0.1, 0.15) is 23.6 Å². The molecule has 0 saturated heterocycles. The van der Waals surface area contributed by atoms with Crippen LogP contribution in [0, 0.1) is 0 Å². The van der Waals surface area contributed by atoms with Crippen LogP contribution in [0.3, 0.4) is 0 Å². The third-order valence-corrected chi connectivity index (χ3v) is 5.20. The van der Waals surface area contributed by atoms with E-state index in [-0.39, 0.29) is 17.5 Å². The number of nitrogens with one attached hydrogen (secondary N) is 1. The highest BCUT2D eigenvalue weighted by molar-refractivity contribution is 6.21. The van der Waals surface area contributed by atoms with Crippen LogP contribution < -0.4 is 5.43 Å². The molecule has 0 radical (unpaired) electrons. The van der Waals surface area contributed by atoms with Gasteiger partial charge >= 0.3 is 0 Å². The van der Waals surface area contributed by atoms with E-state index in [2.05, 4.69) is 40.9 Å². The molecule has 0 aromatic heterocycles. The number of rotatable bonds is 2. The number of nitrogens with zero attached hydrogens (tertiary/aromatic N) is 1. The molecule has 0 spiro atoms. The number of benzene rings is 4. The molecule has 1 aliphatic rings. The normalized spacial score (nSPS) is 16.4. The highest BCUT2D eigenvalue weighted by Crippen LogP contribution is 2.36. The van der Waals surface area contributed by atoms with Crippen LogP contribution in [0.25, 0.3) is 21.5 Å². The molecule has 5 rings (SSSR count). The van der Waals surface area contributed by atoms with E-state index in [1.165, 1.54) is 27.6 Å². The Balaban J connectivity index is 1.63. The van der Waals surface area contributed by atoms with E-state index < -0.39 is 0 Å². The first-order valence-electron chi connectivity index (χ1n) is 8.95.